The second kappa shape index (κ2) is 5.43. The van der Waals surface area contributed by atoms with E-state index in [-0.39, 0.29) is 16.9 Å². The molecule has 2 heterocycles. The predicted octanol–water partition coefficient (Wildman–Crippen LogP) is 1.17. The highest BCUT2D eigenvalue weighted by Gasteiger charge is 2.21. The average Bonchev–Trinajstić information content (AvgIpc) is 2.68. The number of aromatic nitrogens is 3. The molecule has 0 aliphatic heterocycles. The van der Waals surface area contributed by atoms with E-state index in [0.29, 0.717) is 0 Å². The van der Waals surface area contributed by atoms with Gasteiger partial charge in [-0.15, -0.1) is 11.3 Å². The van der Waals surface area contributed by atoms with Gasteiger partial charge in [-0.05, 0) is 20.8 Å². The van der Waals surface area contributed by atoms with Crippen LogP contribution in [-0.2, 0) is 10.0 Å². The second-order valence-electron chi connectivity index (χ2n) is 4.30. The van der Waals surface area contributed by atoms with Gasteiger partial charge in [0.05, 0.1) is 29.1 Å². The normalized spacial score (nSPS) is 13.3. The smallest absolute Gasteiger partial charge is 0.244 e. The molecule has 0 spiro atoms. The van der Waals surface area contributed by atoms with Crippen LogP contribution in [0.4, 0.5) is 5.95 Å². The van der Waals surface area contributed by atoms with E-state index >= 15 is 0 Å². The first-order valence-electron chi connectivity index (χ1n) is 5.83. The standard InChI is InChI=1S/C11H15N5O2S2/c1-6-10(19-8(3)15-6)7(2)16-20(17,18)9-4-13-11(12)14-5-9/h4-5,7,16H,1-3H3,(H2,12,13,14). The molecule has 0 radical (unpaired) electrons. The van der Waals surface area contributed by atoms with Crippen molar-refractivity contribution < 1.29 is 8.42 Å². The fourth-order valence-corrected chi connectivity index (χ4v) is 3.87. The topological polar surface area (TPSA) is 111 Å². The minimum absolute atomic E-state index is 0.0163. The summed E-state index contributed by atoms with van der Waals surface area (Å²) in [5.41, 5.74) is 6.17. The third-order valence-electron chi connectivity index (χ3n) is 2.62. The summed E-state index contributed by atoms with van der Waals surface area (Å²) in [6.45, 7) is 5.52. The van der Waals surface area contributed by atoms with E-state index in [1.807, 2.05) is 13.8 Å². The maximum atomic E-state index is 12.2. The molecule has 0 aliphatic carbocycles. The van der Waals surface area contributed by atoms with Gasteiger partial charge < -0.3 is 5.73 Å². The van der Waals surface area contributed by atoms with Gasteiger partial charge in [-0.2, -0.15) is 0 Å². The fourth-order valence-electron chi connectivity index (χ4n) is 1.77. The molecule has 0 aromatic carbocycles. The van der Waals surface area contributed by atoms with Gasteiger partial charge >= 0.3 is 0 Å². The average molecular weight is 313 g/mol. The number of hydrogen-bond donors (Lipinski definition) is 2. The molecule has 3 N–H and O–H groups in total. The van der Waals surface area contributed by atoms with Gasteiger partial charge in [-0.25, -0.2) is 28.1 Å². The van der Waals surface area contributed by atoms with Crippen molar-refractivity contribution in [1.82, 2.24) is 19.7 Å². The van der Waals surface area contributed by atoms with Crippen LogP contribution >= 0.6 is 11.3 Å². The van der Waals surface area contributed by atoms with Crippen LogP contribution in [0.1, 0.15) is 28.5 Å². The van der Waals surface area contributed by atoms with E-state index in [1.165, 1.54) is 23.7 Å². The lowest BCUT2D eigenvalue weighted by atomic mass is 10.2. The Bertz CT molecular complexity index is 709. The lowest BCUT2D eigenvalue weighted by Gasteiger charge is -2.13. The maximum absolute atomic E-state index is 12.2. The molecule has 7 nitrogen and oxygen atoms in total. The van der Waals surface area contributed by atoms with Crippen LogP contribution in [0.5, 0.6) is 0 Å². The highest BCUT2D eigenvalue weighted by Crippen LogP contribution is 2.25. The van der Waals surface area contributed by atoms with Gasteiger partial charge in [0.15, 0.2) is 0 Å². The number of nitrogens with zero attached hydrogens (tertiary/aromatic N) is 3. The van der Waals surface area contributed by atoms with Crippen LogP contribution in [0.2, 0.25) is 0 Å². The second-order valence-corrected chi connectivity index (χ2v) is 7.25. The van der Waals surface area contributed by atoms with Gasteiger partial charge in [0.2, 0.25) is 16.0 Å². The molecule has 2 rings (SSSR count). The monoisotopic (exact) mass is 313 g/mol. The Balaban J connectivity index is 2.24. The van der Waals surface area contributed by atoms with E-state index < -0.39 is 10.0 Å². The summed E-state index contributed by atoms with van der Waals surface area (Å²) < 4.78 is 27.0. The molecule has 0 saturated carbocycles. The molecule has 0 saturated heterocycles. The van der Waals surface area contributed by atoms with Crippen LogP contribution in [0.15, 0.2) is 17.3 Å². The molecule has 2 aromatic heterocycles. The van der Waals surface area contributed by atoms with Gasteiger partial charge in [-0.1, -0.05) is 0 Å². The van der Waals surface area contributed by atoms with E-state index in [0.717, 1.165) is 15.6 Å². The molecule has 2 aromatic rings. The van der Waals surface area contributed by atoms with Gasteiger partial charge in [-0.3, -0.25) is 0 Å². The zero-order chi connectivity index (χ0) is 14.9. The first-order valence-corrected chi connectivity index (χ1v) is 8.13. The maximum Gasteiger partial charge on any atom is 0.244 e. The number of rotatable bonds is 4. The van der Waals surface area contributed by atoms with Crippen molar-refractivity contribution >= 4 is 27.3 Å². The number of sulfonamides is 1. The van der Waals surface area contributed by atoms with Gasteiger partial charge in [0, 0.05) is 4.88 Å². The largest absolute Gasteiger partial charge is 0.368 e. The number of nitrogen functional groups attached to an aromatic ring is 1. The predicted molar refractivity (Wildman–Crippen MR) is 76.8 cm³/mol. The van der Waals surface area contributed by atoms with Crippen LogP contribution in [0.3, 0.4) is 0 Å². The van der Waals surface area contributed by atoms with Crippen LogP contribution in [-0.4, -0.2) is 23.4 Å². The van der Waals surface area contributed by atoms with Crippen molar-refractivity contribution in [2.45, 2.75) is 31.7 Å². The lowest BCUT2D eigenvalue weighted by Crippen LogP contribution is -2.27. The van der Waals surface area contributed by atoms with Gasteiger partial charge in [0.1, 0.15) is 4.90 Å². The number of aryl methyl sites for hydroxylation is 2. The molecule has 108 valence electrons. The highest BCUT2D eigenvalue weighted by molar-refractivity contribution is 7.89. The number of anilines is 1. The van der Waals surface area contributed by atoms with Crippen molar-refractivity contribution in [1.29, 1.82) is 0 Å². The van der Waals surface area contributed by atoms with Crippen molar-refractivity contribution in [2.75, 3.05) is 5.73 Å². The van der Waals surface area contributed by atoms with Crippen LogP contribution < -0.4 is 10.5 Å². The molecular weight excluding hydrogens is 298 g/mol. The highest BCUT2D eigenvalue weighted by atomic mass is 32.2. The summed E-state index contributed by atoms with van der Waals surface area (Å²) in [7, 11) is -3.68. The van der Waals surface area contributed by atoms with Crippen molar-refractivity contribution in [3.05, 3.63) is 28.0 Å². The summed E-state index contributed by atoms with van der Waals surface area (Å²) >= 11 is 1.47. The SMILES string of the molecule is Cc1nc(C)c(C(C)NS(=O)(=O)c2cnc(N)nc2)s1. The number of thiazole rings is 1. The van der Waals surface area contributed by atoms with Crippen LogP contribution in [0.25, 0.3) is 0 Å². The molecular formula is C11H15N5O2S2. The third-order valence-corrected chi connectivity index (χ3v) is 5.37. The zero-order valence-electron chi connectivity index (χ0n) is 11.3. The molecule has 1 unspecified atom stereocenters. The van der Waals surface area contributed by atoms with E-state index in [1.54, 1.807) is 6.92 Å². The summed E-state index contributed by atoms with van der Waals surface area (Å²) in [5.74, 6) is 0.0333. The molecule has 0 bridgehead atoms. The van der Waals surface area contributed by atoms with E-state index in [9.17, 15) is 8.42 Å². The Morgan fingerprint density at radius 3 is 2.40 bits per heavy atom. The van der Waals surface area contributed by atoms with Crippen molar-refractivity contribution in [3.63, 3.8) is 0 Å². The minimum Gasteiger partial charge on any atom is -0.368 e. The first-order chi connectivity index (χ1) is 9.29. The summed E-state index contributed by atoms with van der Waals surface area (Å²) in [6, 6.07) is -0.372. The van der Waals surface area contributed by atoms with Crippen molar-refractivity contribution in [2.24, 2.45) is 0 Å². The van der Waals surface area contributed by atoms with Crippen molar-refractivity contribution in [3.8, 4) is 0 Å². The Labute approximate surface area is 121 Å². The van der Waals surface area contributed by atoms with E-state index in [2.05, 4.69) is 19.7 Å². The summed E-state index contributed by atoms with van der Waals surface area (Å²) in [4.78, 5) is 12.5. The van der Waals surface area contributed by atoms with Gasteiger partial charge in [0.25, 0.3) is 0 Å². The molecule has 9 heteroatoms. The third kappa shape index (κ3) is 3.11. The Kier molecular flexibility index (Phi) is 4.02. The first kappa shape index (κ1) is 14.8. The summed E-state index contributed by atoms with van der Waals surface area (Å²) in [5, 5.41) is 0.902. The molecule has 20 heavy (non-hydrogen) atoms. The van der Waals surface area contributed by atoms with E-state index in [4.69, 9.17) is 5.73 Å². The molecule has 0 amide bonds. The Morgan fingerprint density at radius 1 is 1.30 bits per heavy atom. The Morgan fingerprint density at radius 2 is 1.90 bits per heavy atom. The lowest BCUT2D eigenvalue weighted by molar-refractivity contribution is 0.567. The number of hydrogen-bond acceptors (Lipinski definition) is 7. The molecule has 0 fully saturated rings. The zero-order valence-corrected chi connectivity index (χ0v) is 12.9. The van der Waals surface area contributed by atoms with Crippen LogP contribution in [0, 0.1) is 13.8 Å². The molecule has 1 atom stereocenters. The number of nitrogens with two attached hydrogens (primary N) is 1. The molecule has 0 aliphatic rings. The fraction of sp³-hybridized carbons (Fsp3) is 0.364. The summed E-state index contributed by atoms with van der Waals surface area (Å²) in [6.07, 6.45) is 2.37. The minimum atomic E-state index is -3.68. The number of nitrogens with one attached hydrogen (secondary N) is 1. The Hall–Kier alpha value is -1.58. The quantitative estimate of drug-likeness (QED) is 0.876.